The second kappa shape index (κ2) is 3.61. The minimum atomic E-state index is -0.0385. The van der Waals surface area contributed by atoms with E-state index < -0.39 is 0 Å². The normalized spacial score (nSPS) is 41.1. The lowest BCUT2D eigenvalue weighted by Crippen LogP contribution is -2.31. The quantitative estimate of drug-likeness (QED) is 0.696. The highest BCUT2D eigenvalue weighted by molar-refractivity contribution is 4.88. The van der Waals surface area contributed by atoms with Crippen LogP contribution in [0.15, 0.2) is 0 Å². The van der Waals surface area contributed by atoms with E-state index in [9.17, 15) is 5.11 Å². The Hall–Kier alpha value is -0.0400. The van der Waals surface area contributed by atoms with Crippen LogP contribution in [0, 0.1) is 23.7 Å². The summed E-state index contributed by atoms with van der Waals surface area (Å²) in [6.45, 7) is 4.28. The lowest BCUT2D eigenvalue weighted by Gasteiger charge is -2.33. The minimum absolute atomic E-state index is 0.0385. The van der Waals surface area contributed by atoms with Gasteiger partial charge in [0.15, 0.2) is 0 Å². The summed E-state index contributed by atoms with van der Waals surface area (Å²) >= 11 is 0. The minimum Gasteiger partial charge on any atom is -0.393 e. The number of hydrogen-bond donors (Lipinski definition) is 1. The van der Waals surface area contributed by atoms with E-state index in [0.29, 0.717) is 11.8 Å². The van der Waals surface area contributed by atoms with Crippen LogP contribution in [0.2, 0.25) is 0 Å². The molecule has 3 unspecified atom stereocenters. The molecule has 2 bridgehead atoms. The van der Waals surface area contributed by atoms with Crippen LogP contribution in [0.3, 0.4) is 0 Å². The highest BCUT2D eigenvalue weighted by atomic mass is 16.3. The van der Waals surface area contributed by atoms with Gasteiger partial charge in [-0.2, -0.15) is 0 Å². The largest absolute Gasteiger partial charge is 0.393 e. The average molecular weight is 182 g/mol. The van der Waals surface area contributed by atoms with Crippen molar-refractivity contribution in [3.8, 4) is 0 Å². The summed E-state index contributed by atoms with van der Waals surface area (Å²) in [5.74, 6) is 2.98. The van der Waals surface area contributed by atoms with Gasteiger partial charge in [-0.15, -0.1) is 0 Å². The van der Waals surface area contributed by atoms with Crippen LogP contribution in [0.1, 0.15) is 46.0 Å². The molecule has 76 valence electrons. The molecule has 0 aliphatic heterocycles. The van der Waals surface area contributed by atoms with E-state index in [1.54, 1.807) is 0 Å². The molecule has 1 heteroatoms. The molecule has 0 aromatic rings. The van der Waals surface area contributed by atoms with E-state index in [0.717, 1.165) is 11.8 Å². The molecule has 1 nitrogen and oxygen atoms in total. The first kappa shape index (κ1) is 9.51. The van der Waals surface area contributed by atoms with Crippen molar-refractivity contribution < 1.29 is 5.11 Å². The Kier molecular flexibility index (Phi) is 2.64. The molecule has 0 amide bonds. The molecular weight excluding hydrogens is 160 g/mol. The first-order valence-corrected chi connectivity index (χ1v) is 5.85. The molecule has 0 heterocycles. The molecule has 0 spiro atoms. The van der Waals surface area contributed by atoms with E-state index in [2.05, 4.69) is 13.8 Å². The zero-order valence-corrected chi connectivity index (χ0v) is 8.87. The first-order valence-electron chi connectivity index (χ1n) is 5.85. The van der Waals surface area contributed by atoms with Crippen LogP contribution >= 0.6 is 0 Å². The number of aliphatic hydroxyl groups excluding tert-OH is 1. The Morgan fingerprint density at radius 1 is 1.00 bits per heavy atom. The predicted octanol–water partition coefficient (Wildman–Crippen LogP) is 2.83. The molecule has 2 aliphatic carbocycles. The third kappa shape index (κ3) is 1.90. The second-order valence-corrected chi connectivity index (χ2v) is 5.51. The van der Waals surface area contributed by atoms with E-state index in [1.165, 1.54) is 32.1 Å². The van der Waals surface area contributed by atoms with Gasteiger partial charge in [0, 0.05) is 0 Å². The van der Waals surface area contributed by atoms with Crippen molar-refractivity contribution in [2.75, 3.05) is 0 Å². The molecule has 1 N–H and O–H groups in total. The maximum absolute atomic E-state index is 10.0. The molecular formula is C12H22O. The van der Waals surface area contributed by atoms with Gasteiger partial charge in [-0.3, -0.25) is 0 Å². The van der Waals surface area contributed by atoms with E-state index >= 15 is 0 Å². The summed E-state index contributed by atoms with van der Waals surface area (Å²) in [7, 11) is 0. The fourth-order valence-electron chi connectivity index (χ4n) is 3.38. The Bertz CT molecular complexity index is 164. The van der Waals surface area contributed by atoms with Gasteiger partial charge in [0.05, 0.1) is 6.10 Å². The molecule has 0 aromatic heterocycles. The van der Waals surface area contributed by atoms with Crippen LogP contribution in [0.5, 0.6) is 0 Å². The number of rotatable bonds is 2. The Morgan fingerprint density at radius 3 is 2.00 bits per heavy atom. The summed E-state index contributed by atoms with van der Waals surface area (Å²) in [5.41, 5.74) is 0. The summed E-state index contributed by atoms with van der Waals surface area (Å²) in [6.07, 6.45) is 6.90. The summed E-state index contributed by atoms with van der Waals surface area (Å²) in [6, 6.07) is 0. The van der Waals surface area contributed by atoms with Gasteiger partial charge >= 0.3 is 0 Å². The topological polar surface area (TPSA) is 20.2 Å². The van der Waals surface area contributed by atoms with Crippen LogP contribution < -0.4 is 0 Å². The smallest absolute Gasteiger partial charge is 0.0591 e. The monoisotopic (exact) mass is 182 g/mol. The van der Waals surface area contributed by atoms with Crippen molar-refractivity contribution >= 4 is 0 Å². The van der Waals surface area contributed by atoms with E-state index in [4.69, 9.17) is 0 Å². The van der Waals surface area contributed by atoms with Gasteiger partial charge in [0.2, 0.25) is 0 Å². The van der Waals surface area contributed by atoms with Gasteiger partial charge in [0.25, 0.3) is 0 Å². The lowest BCUT2D eigenvalue weighted by molar-refractivity contribution is 0.0314. The molecule has 2 saturated carbocycles. The Labute approximate surface area is 81.5 Å². The van der Waals surface area contributed by atoms with Crippen molar-refractivity contribution in [3.05, 3.63) is 0 Å². The highest BCUT2D eigenvalue weighted by Gasteiger charge is 2.37. The predicted molar refractivity (Wildman–Crippen MR) is 54.4 cm³/mol. The van der Waals surface area contributed by atoms with Gasteiger partial charge in [0.1, 0.15) is 0 Å². The lowest BCUT2D eigenvalue weighted by atomic mass is 9.76. The summed E-state index contributed by atoms with van der Waals surface area (Å²) in [4.78, 5) is 0. The highest BCUT2D eigenvalue weighted by Crippen LogP contribution is 2.46. The summed E-state index contributed by atoms with van der Waals surface area (Å²) < 4.78 is 0. The number of hydrogen-bond acceptors (Lipinski definition) is 1. The fraction of sp³-hybridized carbons (Fsp3) is 1.00. The molecule has 0 aromatic carbocycles. The first-order chi connectivity index (χ1) is 6.16. The number of fused-ring (bicyclic) bond motifs is 2. The van der Waals surface area contributed by atoms with Crippen molar-refractivity contribution in [1.82, 2.24) is 0 Å². The van der Waals surface area contributed by atoms with Gasteiger partial charge in [-0.1, -0.05) is 26.7 Å². The van der Waals surface area contributed by atoms with Gasteiger partial charge < -0.3 is 5.11 Å². The zero-order chi connectivity index (χ0) is 9.42. The fourth-order valence-corrected chi connectivity index (χ4v) is 3.38. The van der Waals surface area contributed by atoms with Crippen LogP contribution in [0.25, 0.3) is 0 Å². The van der Waals surface area contributed by atoms with Crippen molar-refractivity contribution in [2.24, 2.45) is 23.7 Å². The van der Waals surface area contributed by atoms with E-state index in [1.807, 2.05) is 0 Å². The molecule has 2 aliphatic rings. The molecule has 3 atom stereocenters. The van der Waals surface area contributed by atoms with Crippen molar-refractivity contribution in [2.45, 2.75) is 52.1 Å². The molecule has 0 radical (unpaired) electrons. The van der Waals surface area contributed by atoms with Crippen molar-refractivity contribution in [1.29, 1.82) is 0 Å². The average Bonchev–Trinajstić information content (AvgIpc) is 2.44. The molecule has 2 rings (SSSR count). The molecule has 2 fully saturated rings. The maximum Gasteiger partial charge on any atom is 0.0591 e. The SMILES string of the molecule is CC(C)C(O)C1CC2CCC(C2)C1. The second-order valence-electron chi connectivity index (χ2n) is 5.51. The van der Waals surface area contributed by atoms with Gasteiger partial charge in [-0.25, -0.2) is 0 Å². The Balaban J connectivity index is 1.94. The Morgan fingerprint density at radius 2 is 1.54 bits per heavy atom. The van der Waals surface area contributed by atoms with Crippen LogP contribution in [-0.4, -0.2) is 11.2 Å². The molecule has 13 heavy (non-hydrogen) atoms. The maximum atomic E-state index is 10.0. The van der Waals surface area contributed by atoms with E-state index in [-0.39, 0.29) is 6.10 Å². The van der Waals surface area contributed by atoms with Crippen LogP contribution in [-0.2, 0) is 0 Å². The third-order valence-electron chi connectivity index (χ3n) is 4.09. The summed E-state index contributed by atoms with van der Waals surface area (Å²) in [5, 5.41) is 10.0. The third-order valence-corrected chi connectivity index (χ3v) is 4.09. The zero-order valence-electron chi connectivity index (χ0n) is 8.87. The standard InChI is InChI=1S/C12H22O/c1-8(2)12(13)11-6-9-3-4-10(5-9)7-11/h8-13H,3-7H2,1-2H3. The molecule has 0 saturated heterocycles. The van der Waals surface area contributed by atoms with Crippen molar-refractivity contribution in [3.63, 3.8) is 0 Å². The van der Waals surface area contributed by atoms with Crippen LogP contribution in [0.4, 0.5) is 0 Å². The van der Waals surface area contributed by atoms with Gasteiger partial charge in [-0.05, 0) is 42.9 Å². The number of aliphatic hydroxyl groups is 1.